The molecule has 1 saturated carbocycles. The zero-order chi connectivity index (χ0) is 11.3. The van der Waals surface area contributed by atoms with Crippen molar-refractivity contribution in [3.8, 4) is 0 Å². The lowest BCUT2D eigenvalue weighted by Gasteiger charge is -2.26. The van der Waals surface area contributed by atoms with E-state index in [0.717, 1.165) is 19.3 Å². The fourth-order valence-electron chi connectivity index (χ4n) is 1.23. The first-order valence-corrected chi connectivity index (χ1v) is 5.05. The second-order valence-corrected chi connectivity index (χ2v) is 3.67. The number of carbonyl (C=O) groups is 2. The number of carbonyl (C=O) groups excluding carboxylic acids is 1. The van der Waals surface area contributed by atoms with Gasteiger partial charge in [0.25, 0.3) is 0 Å². The summed E-state index contributed by atoms with van der Waals surface area (Å²) in [4.78, 5) is 21.4. The van der Waals surface area contributed by atoms with Gasteiger partial charge >= 0.3 is 12.0 Å². The molecule has 0 aromatic rings. The van der Waals surface area contributed by atoms with E-state index in [-0.39, 0.29) is 25.0 Å². The lowest BCUT2D eigenvalue weighted by atomic mass is 9.93. The molecule has 1 aliphatic rings. The van der Waals surface area contributed by atoms with Gasteiger partial charge in [-0.15, -0.1) is 0 Å². The molecule has 86 valence electrons. The molecular weight excluding hydrogens is 200 g/mol. The van der Waals surface area contributed by atoms with Gasteiger partial charge in [0.2, 0.25) is 0 Å². The lowest BCUT2D eigenvalue weighted by Crippen LogP contribution is -2.45. The van der Waals surface area contributed by atoms with Crippen LogP contribution in [-0.4, -0.2) is 40.9 Å². The minimum atomic E-state index is -1.41. The molecule has 6 nitrogen and oxygen atoms in total. The van der Waals surface area contributed by atoms with E-state index in [9.17, 15) is 9.59 Å². The second-order valence-electron chi connectivity index (χ2n) is 3.67. The van der Waals surface area contributed by atoms with Crippen LogP contribution in [0.2, 0.25) is 0 Å². The number of rotatable bonds is 5. The lowest BCUT2D eigenvalue weighted by molar-refractivity contribution is -0.146. The highest BCUT2D eigenvalue weighted by molar-refractivity contribution is 5.74. The average Bonchev–Trinajstić information content (AvgIpc) is 2.11. The van der Waals surface area contributed by atoms with Crippen molar-refractivity contribution in [2.45, 2.75) is 37.8 Å². The highest BCUT2D eigenvalue weighted by atomic mass is 16.4. The number of carboxylic acids is 1. The third-order valence-electron chi connectivity index (χ3n) is 2.43. The average molecular weight is 216 g/mol. The van der Waals surface area contributed by atoms with Crippen molar-refractivity contribution in [1.29, 1.82) is 0 Å². The molecule has 15 heavy (non-hydrogen) atoms. The van der Waals surface area contributed by atoms with Crippen LogP contribution in [-0.2, 0) is 4.79 Å². The zero-order valence-electron chi connectivity index (χ0n) is 8.40. The fourth-order valence-corrected chi connectivity index (χ4v) is 1.23. The van der Waals surface area contributed by atoms with Crippen molar-refractivity contribution in [2.24, 2.45) is 0 Å². The Morgan fingerprint density at radius 3 is 2.53 bits per heavy atom. The van der Waals surface area contributed by atoms with Crippen LogP contribution in [0.5, 0.6) is 0 Å². The Morgan fingerprint density at radius 2 is 2.07 bits per heavy atom. The van der Waals surface area contributed by atoms with E-state index >= 15 is 0 Å². The molecule has 1 fully saturated rings. The third-order valence-corrected chi connectivity index (χ3v) is 2.43. The standard InChI is InChI=1S/C9H16N2O4/c12-7(8(13)14)4-5-10-9(15)11-6-2-1-3-6/h6-7,12H,1-5H2,(H,13,14)(H2,10,11,15). The molecule has 0 aromatic heterocycles. The summed E-state index contributed by atoms with van der Waals surface area (Å²) < 4.78 is 0. The first kappa shape index (κ1) is 11.8. The third kappa shape index (κ3) is 4.16. The van der Waals surface area contributed by atoms with Gasteiger partial charge in [0.1, 0.15) is 0 Å². The Morgan fingerprint density at radius 1 is 1.40 bits per heavy atom. The maximum atomic E-state index is 11.1. The second kappa shape index (κ2) is 5.55. The molecule has 1 unspecified atom stereocenters. The van der Waals surface area contributed by atoms with E-state index < -0.39 is 12.1 Å². The van der Waals surface area contributed by atoms with Crippen LogP contribution in [0.25, 0.3) is 0 Å². The monoisotopic (exact) mass is 216 g/mol. The summed E-state index contributed by atoms with van der Waals surface area (Å²) in [5.41, 5.74) is 0. The van der Waals surface area contributed by atoms with Gasteiger partial charge in [0, 0.05) is 19.0 Å². The molecule has 0 bridgehead atoms. The SMILES string of the molecule is O=C(NCCC(O)C(=O)O)NC1CCC1. The Balaban J connectivity index is 2.03. The van der Waals surface area contributed by atoms with Crippen LogP contribution < -0.4 is 10.6 Å². The number of carboxylic acid groups (broad SMARTS) is 1. The van der Waals surface area contributed by atoms with Crippen LogP contribution >= 0.6 is 0 Å². The number of aliphatic carboxylic acids is 1. The fraction of sp³-hybridized carbons (Fsp3) is 0.778. The van der Waals surface area contributed by atoms with Gasteiger partial charge in [-0.25, -0.2) is 9.59 Å². The van der Waals surface area contributed by atoms with E-state index in [1.54, 1.807) is 0 Å². The van der Waals surface area contributed by atoms with Crippen LogP contribution in [0.4, 0.5) is 4.79 Å². The first-order chi connectivity index (χ1) is 7.09. The minimum absolute atomic E-state index is 0.0212. The van der Waals surface area contributed by atoms with E-state index in [4.69, 9.17) is 10.2 Å². The minimum Gasteiger partial charge on any atom is -0.479 e. The Bertz CT molecular complexity index is 240. The summed E-state index contributed by atoms with van der Waals surface area (Å²) in [6.07, 6.45) is 1.76. The van der Waals surface area contributed by atoms with Crippen LogP contribution in [0, 0.1) is 0 Å². The smallest absolute Gasteiger partial charge is 0.332 e. The van der Waals surface area contributed by atoms with Crippen LogP contribution in [0.3, 0.4) is 0 Å². The number of hydrogen-bond donors (Lipinski definition) is 4. The van der Waals surface area contributed by atoms with E-state index in [1.807, 2.05) is 0 Å². The van der Waals surface area contributed by atoms with Gasteiger partial charge in [-0.3, -0.25) is 0 Å². The molecule has 0 aromatic carbocycles. The molecule has 2 amide bonds. The molecule has 1 rings (SSSR count). The first-order valence-electron chi connectivity index (χ1n) is 5.05. The number of hydrogen-bond acceptors (Lipinski definition) is 3. The summed E-state index contributed by atoms with van der Waals surface area (Å²) in [7, 11) is 0. The summed E-state index contributed by atoms with van der Waals surface area (Å²) in [6, 6.07) is -0.0355. The van der Waals surface area contributed by atoms with E-state index in [1.165, 1.54) is 0 Å². The molecule has 0 aliphatic heterocycles. The zero-order valence-corrected chi connectivity index (χ0v) is 8.40. The molecule has 1 aliphatic carbocycles. The molecule has 4 N–H and O–H groups in total. The normalized spacial score (nSPS) is 17.7. The Labute approximate surface area is 87.7 Å². The Hall–Kier alpha value is -1.30. The van der Waals surface area contributed by atoms with Crippen molar-refractivity contribution >= 4 is 12.0 Å². The van der Waals surface area contributed by atoms with Gasteiger partial charge < -0.3 is 20.8 Å². The quantitative estimate of drug-likeness (QED) is 0.506. The van der Waals surface area contributed by atoms with Gasteiger partial charge in [0.05, 0.1) is 0 Å². The maximum absolute atomic E-state index is 11.1. The number of amides is 2. The predicted octanol–water partition coefficient (Wildman–Crippen LogP) is -0.326. The highest BCUT2D eigenvalue weighted by Gasteiger charge is 2.19. The molecule has 6 heteroatoms. The Kier molecular flexibility index (Phi) is 4.36. The molecule has 0 heterocycles. The summed E-state index contributed by atoms with van der Waals surface area (Å²) >= 11 is 0. The topological polar surface area (TPSA) is 98.7 Å². The van der Waals surface area contributed by atoms with Crippen molar-refractivity contribution < 1.29 is 19.8 Å². The van der Waals surface area contributed by atoms with Crippen molar-refractivity contribution in [1.82, 2.24) is 10.6 Å². The number of aliphatic hydroxyl groups is 1. The van der Waals surface area contributed by atoms with E-state index in [2.05, 4.69) is 10.6 Å². The maximum Gasteiger partial charge on any atom is 0.332 e. The number of urea groups is 1. The van der Waals surface area contributed by atoms with Gasteiger partial charge in [-0.05, 0) is 19.3 Å². The molecular formula is C9H16N2O4. The number of aliphatic hydroxyl groups excluding tert-OH is 1. The molecule has 1 atom stereocenters. The van der Waals surface area contributed by atoms with Crippen LogP contribution in [0.1, 0.15) is 25.7 Å². The summed E-state index contributed by atoms with van der Waals surface area (Å²) in [5.74, 6) is -1.27. The van der Waals surface area contributed by atoms with Crippen molar-refractivity contribution in [3.63, 3.8) is 0 Å². The highest BCUT2D eigenvalue weighted by Crippen LogP contribution is 2.17. The largest absolute Gasteiger partial charge is 0.479 e. The van der Waals surface area contributed by atoms with Gasteiger partial charge in [-0.2, -0.15) is 0 Å². The van der Waals surface area contributed by atoms with E-state index in [0.29, 0.717) is 0 Å². The molecule has 0 spiro atoms. The molecule has 0 saturated heterocycles. The van der Waals surface area contributed by atoms with Crippen LogP contribution in [0.15, 0.2) is 0 Å². The number of nitrogens with one attached hydrogen (secondary N) is 2. The van der Waals surface area contributed by atoms with Crippen molar-refractivity contribution in [3.05, 3.63) is 0 Å². The predicted molar refractivity (Wildman–Crippen MR) is 52.4 cm³/mol. The van der Waals surface area contributed by atoms with Gasteiger partial charge in [-0.1, -0.05) is 0 Å². The summed E-state index contributed by atoms with van der Waals surface area (Å²) in [6.45, 7) is 0.159. The molecule has 0 radical (unpaired) electrons. The summed E-state index contributed by atoms with van der Waals surface area (Å²) in [5, 5.41) is 22.5. The van der Waals surface area contributed by atoms with Crippen molar-refractivity contribution in [2.75, 3.05) is 6.54 Å². The van der Waals surface area contributed by atoms with Gasteiger partial charge in [0.15, 0.2) is 6.10 Å².